The number of hydrogen-bond donors (Lipinski definition) is 2. The van der Waals surface area contributed by atoms with Crippen molar-refractivity contribution >= 4 is 18.4 Å². The van der Waals surface area contributed by atoms with Crippen molar-refractivity contribution in [3.05, 3.63) is 34.9 Å². The van der Waals surface area contributed by atoms with E-state index >= 15 is 0 Å². The van der Waals surface area contributed by atoms with Crippen LogP contribution in [-0.4, -0.2) is 11.1 Å². The fourth-order valence-corrected chi connectivity index (χ4v) is 2.20. The lowest BCUT2D eigenvalue weighted by molar-refractivity contribution is 0.0696. The first kappa shape index (κ1) is 13.0. The first-order valence-corrected chi connectivity index (χ1v) is 5.03. The smallest absolute Gasteiger partial charge is 0.335 e. The summed E-state index contributed by atoms with van der Waals surface area (Å²) in [6.45, 7) is 4.22. The molecular formula is C12H16ClNO2. The number of carboxylic acids is 1. The summed E-state index contributed by atoms with van der Waals surface area (Å²) in [5.41, 5.74) is 8.61. The third-order valence-electron chi connectivity index (χ3n) is 3.22. The molecule has 1 atom stereocenters. The van der Waals surface area contributed by atoms with Gasteiger partial charge in [-0.05, 0) is 35.1 Å². The summed E-state index contributed by atoms with van der Waals surface area (Å²) in [5.74, 6) is -0.894. The Bertz CT molecular complexity index is 429. The Morgan fingerprint density at radius 1 is 1.50 bits per heavy atom. The molecule has 0 saturated carbocycles. The molecule has 0 radical (unpaired) electrons. The van der Waals surface area contributed by atoms with E-state index in [1.54, 1.807) is 12.1 Å². The van der Waals surface area contributed by atoms with Crippen molar-refractivity contribution in [2.75, 3.05) is 0 Å². The van der Waals surface area contributed by atoms with E-state index in [9.17, 15) is 4.79 Å². The van der Waals surface area contributed by atoms with Crippen LogP contribution in [0.2, 0.25) is 0 Å². The van der Waals surface area contributed by atoms with Crippen molar-refractivity contribution in [2.24, 2.45) is 11.1 Å². The Labute approximate surface area is 101 Å². The first-order chi connectivity index (χ1) is 6.92. The van der Waals surface area contributed by atoms with Gasteiger partial charge in [-0.1, -0.05) is 19.9 Å². The average Bonchev–Trinajstić information content (AvgIpc) is 2.37. The van der Waals surface area contributed by atoms with E-state index in [-0.39, 0.29) is 23.9 Å². The Kier molecular flexibility index (Phi) is 3.31. The van der Waals surface area contributed by atoms with Crippen LogP contribution in [0.5, 0.6) is 0 Å². The molecule has 0 aromatic heterocycles. The lowest BCUT2D eigenvalue weighted by atomic mass is 9.86. The zero-order valence-electron chi connectivity index (χ0n) is 9.36. The van der Waals surface area contributed by atoms with Gasteiger partial charge in [0, 0.05) is 6.04 Å². The number of carbonyl (C=O) groups is 1. The molecule has 1 aliphatic rings. The fraction of sp³-hybridized carbons (Fsp3) is 0.417. The maximum Gasteiger partial charge on any atom is 0.335 e. The lowest BCUT2D eigenvalue weighted by Crippen LogP contribution is -2.24. The van der Waals surface area contributed by atoms with E-state index in [1.165, 1.54) is 5.56 Å². The summed E-state index contributed by atoms with van der Waals surface area (Å²) >= 11 is 0. The number of rotatable bonds is 1. The highest BCUT2D eigenvalue weighted by Crippen LogP contribution is 2.43. The third kappa shape index (κ3) is 1.93. The van der Waals surface area contributed by atoms with Gasteiger partial charge in [-0.3, -0.25) is 0 Å². The molecule has 1 aliphatic carbocycles. The molecule has 2 rings (SSSR count). The highest BCUT2D eigenvalue weighted by atomic mass is 35.5. The summed E-state index contributed by atoms with van der Waals surface area (Å²) in [6.07, 6.45) is 0.920. The zero-order valence-corrected chi connectivity index (χ0v) is 10.2. The van der Waals surface area contributed by atoms with Crippen LogP contribution >= 0.6 is 12.4 Å². The quantitative estimate of drug-likeness (QED) is 0.794. The molecule has 0 fully saturated rings. The Balaban J connectivity index is 0.00000128. The van der Waals surface area contributed by atoms with E-state index in [2.05, 4.69) is 13.8 Å². The number of hydrogen-bond acceptors (Lipinski definition) is 2. The predicted octanol–water partition coefficient (Wildman–Crippen LogP) is 2.39. The van der Waals surface area contributed by atoms with E-state index in [4.69, 9.17) is 10.8 Å². The van der Waals surface area contributed by atoms with Crippen molar-refractivity contribution in [2.45, 2.75) is 26.3 Å². The number of benzene rings is 1. The molecule has 3 N–H and O–H groups in total. The maximum atomic E-state index is 10.8. The number of fused-ring (bicyclic) bond motifs is 1. The monoisotopic (exact) mass is 241 g/mol. The SMILES string of the molecule is CC1(C)Cc2ccc(C(=O)O)cc2[C@@H]1N.Cl. The minimum atomic E-state index is -0.894. The van der Waals surface area contributed by atoms with Gasteiger partial charge in [0.05, 0.1) is 5.56 Å². The Hall–Kier alpha value is -1.06. The molecule has 0 unspecified atom stereocenters. The van der Waals surface area contributed by atoms with Crippen molar-refractivity contribution in [3.8, 4) is 0 Å². The van der Waals surface area contributed by atoms with Crippen molar-refractivity contribution in [3.63, 3.8) is 0 Å². The maximum absolute atomic E-state index is 10.8. The minimum absolute atomic E-state index is 0. The second-order valence-corrected chi connectivity index (χ2v) is 4.86. The van der Waals surface area contributed by atoms with Crippen LogP contribution in [0.1, 0.15) is 41.4 Å². The van der Waals surface area contributed by atoms with Gasteiger partial charge in [0.25, 0.3) is 0 Å². The molecule has 1 aromatic carbocycles. The average molecular weight is 242 g/mol. The third-order valence-corrected chi connectivity index (χ3v) is 3.22. The predicted molar refractivity (Wildman–Crippen MR) is 65.1 cm³/mol. The topological polar surface area (TPSA) is 63.3 Å². The molecule has 4 heteroatoms. The highest BCUT2D eigenvalue weighted by Gasteiger charge is 2.36. The van der Waals surface area contributed by atoms with Gasteiger partial charge in [0.2, 0.25) is 0 Å². The van der Waals surface area contributed by atoms with Crippen LogP contribution in [0.15, 0.2) is 18.2 Å². The minimum Gasteiger partial charge on any atom is -0.478 e. The molecule has 0 heterocycles. The molecule has 0 bridgehead atoms. The lowest BCUT2D eigenvalue weighted by Gasteiger charge is -2.23. The van der Waals surface area contributed by atoms with E-state index in [1.807, 2.05) is 6.07 Å². The zero-order chi connectivity index (χ0) is 11.2. The molecule has 3 nitrogen and oxygen atoms in total. The van der Waals surface area contributed by atoms with E-state index in [0.717, 1.165) is 12.0 Å². The molecule has 0 aliphatic heterocycles. The van der Waals surface area contributed by atoms with Crippen LogP contribution in [0.25, 0.3) is 0 Å². The largest absolute Gasteiger partial charge is 0.478 e. The van der Waals surface area contributed by atoms with E-state index in [0.29, 0.717) is 5.56 Å². The number of carboxylic acid groups (broad SMARTS) is 1. The van der Waals surface area contributed by atoms with E-state index < -0.39 is 5.97 Å². The molecule has 1 aromatic rings. The van der Waals surface area contributed by atoms with Gasteiger partial charge in [0.1, 0.15) is 0 Å². The van der Waals surface area contributed by atoms with Crippen molar-refractivity contribution in [1.29, 1.82) is 0 Å². The highest BCUT2D eigenvalue weighted by molar-refractivity contribution is 5.88. The fourth-order valence-electron chi connectivity index (χ4n) is 2.20. The number of nitrogens with two attached hydrogens (primary N) is 1. The second-order valence-electron chi connectivity index (χ2n) is 4.86. The van der Waals surface area contributed by atoms with Crippen molar-refractivity contribution < 1.29 is 9.90 Å². The normalized spacial score (nSPS) is 21.1. The summed E-state index contributed by atoms with van der Waals surface area (Å²) in [4.78, 5) is 10.8. The van der Waals surface area contributed by atoms with Crippen LogP contribution in [-0.2, 0) is 6.42 Å². The van der Waals surface area contributed by atoms with Gasteiger partial charge in [-0.15, -0.1) is 12.4 Å². The van der Waals surface area contributed by atoms with Crippen molar-refractivity contribution in [1.82, 2.24) is 0 Å². The van der Waals surface area contributed by atoms with Gasteiger partial charge >= 0.3 is 5.97 Å². The van der Waals surface area contributed by atoms with Gasteiger partial charge in [-0.25, -0.2) is 4.79 Å². The summed E-state index contributed by atoms with van der Waals surface area (Å²) in [5, 5.41) is 8.89. The van der Waals surface area contributed by atoms with Crippen LogP contribution < -0.4 is 5.73 Å². The number of halogens is 1. The molecule has 0 saturated heterocycles. The van der Waals surface area contributed by atoms with Crippen LogP contribution in [0.4, 0.5) is 0 Å². The Morgan fingerprint density at radius 3 is 2.69 bits per heavy atom. The second kappa shape index (κ2) is 4.07. The molecule has 0 amide bonds. The summed E-state index contributed by atoms with van der Waals surface area (Å²) in [7, 11) is 0. The van der Waals surface area contributed by atoms with Gasteiger partial charge in [0.15, 0.2) is 0 Å². The standard InChI is InChI=1S/C12H15NO2.ClH/c1-12(2)6-8-4-3-7(11(14)15)5-9(8)10(12)13;/h3-5,10H,6,13H2,1-2H3,(H,14,15);1H/t10-;/m0./s1. The molecule has 88 valence electrons. The summed E-state index contributed by atoms with van der Waals surface area (Å²) < 4.78 is 0. The molecule has 0 spiro atoms. The van der Waals surface area contributed by atoms with Crippen LogP contribution in [0.3, 0.4) is 0 Å². The molecule has 16 heavy (non-hydrogen) atoms. The Morgan fingerprint density at radius 2 is 2.12 bits per heavy atom. The van der Waals surface area contributed by atoms with Gasteiger partial charge < -0.3 is 10.8 Å². The van der Waals surface area contributed by atoms with Crippen LogP contribution in [0, 0.1) is 5.41 Å². The number of aromatic carboxylic acids is 1. The summed E-state index contributed by atoms with van der Waals surface area (Å²) in [6, 6.07) is 5.17. The van der Waals surface area contributed by atoms with Gasteiger partial charge in [-0.2, -0.15) is 0 Å². The molecular weight excluding hydrogens is 226 g/mol. The first-order valence-electron chi connectivity index (χ1n) is 5.03.